The van der Waals surface area contributed by atoms with E-state index in [2.05, 4.69) is 41.2 Å². The molecule has 0 bridgehead atoms. The molecule has 0 saturated heterocycles. The molecule has 4 nitrogen and oxygen atoms in total. The number of nitrogens with one attached hydrogen (secondary N) is 1. The summed E-state index contributed by atoms with van der Waals surface area (Å²) < 4.78 is 5.52. The number of rotatable bonds is 6. The summed E-state index contributed by atoms with van der Waals surface area (Å²) in [5.41, 5.74) is 1.18. The van der Waals surface area contributed by atoms with Crippen LogP contribution in [0.2, 0.25) is 0 Å². The van der Waals surface area contributed by atoms with Crippen molar-refractivity contribution in [1.29, 1.82) is 0 Å². The number of nitrogens with zero attached hydrogens (tertiary/aromatic N) is 2. The van der Waals surface area contributed by atoms with Gasteiger partial charge in [0, 0.05) is 12.1 Å². The van der Waals surface area contributed by atoms with Crippen LogP contribution in [0.15, 0.2) is 29.3 Å². The molecular formula is C15H23N3O. The van der Waals surface area contributed by atoms with Crippen LogP contribution >= 0.6 is 0 Å². The summed E-state index contributed by atoms with van der Waals surface area (Å²) in [7, 11) is 1.72. The second-order valence-corrected chi connectivity index (χ2v) is 4.56. The molecule has 0 fully saturated rings. The van der Waals surface area contributed by atoms with E-state index >= 15 is 0 Å². The van der Waals surface area contributed by atoms with E-state index in [-0.39, 0.29) is 6.04 Å². The number of hydrogen-bond acceptors (Lipinski definition) is 4. The largest absolute Gasteiger partial charge is 0.496 e. The lowest BCUT2D eigenvalue weighted by Crippen LogP contribution is -2.39. The van der Waals surface area contributed by atoms with E-state index in [1.807, 2.05) is 12.1 Å². The third-order valence-corrected chi connectivity index (χ3v) is 3.57. The Labute approximate surface area is 115 Å². The van der Waals surface area contributed by atoms with Crippen molar-refractivity contribution in [3.05, 3.63) is 29.8 Å². The Hall–Kier alpha value is -1.55. The zero-order valence-corrected chi connectivity index (χ0v) is 12.0. The first kappa shape index (κ1) is 13.9. The zero-order valence-electron chi connectivity index (χ0n) is 12.0. The van der Waals surface area contributed by atoms with Crippen molar-refractivity contribution in [2.45, 2.75) is 19.9 Å². The molecule has 0 amide bonds. The van der Waals surface area contributed by atoms with Crippen LogP contribution in [0.5, 0.6) is 5.75 Å². The van der Waals surface area contributed by atoms with Gasteiger partial charge in [0.25, 0.3) is 0 Å². The maximum Gasteiger partial charge on any atom is 0.124 e. The van der Waals surface area contributed by atoms with Crippen molar-refractivity contribution < 1.29 is 4.74 Å². The van der Waals surface area contributed by atoms with E-state index in [1.165, 1.54) is 5.56 Å². The van der Waals surface area contributed by atoms with E-state index in [0.717, 1.165) is 37.8 Å². The minimum Gasteiger partial charge on any atom is -0.496 e. The molecule has 1 aromatic rings. The van der Waals surface area contributed by atoms with Gasteiger partial charge in [0.1, 0.15) is 11.6 Å². The normalized spacial score (nSPS) is 16.1. The highest BCUT2D eigenvalue weighted by Crippen LogP contribution is 2.30. The Morgan fingerprint density at radius 3 is 2.63 bits per heavy atom. The number of likely N-dealkylation sites (N-methyl/N-ethyl adjacent to an activating group) is 1. The van der Waals surface area contributed by atoms with Crippen LogP contribution in [0.1, 0.15) is 25.5 Å². The third-order valence-electron chi connectivity index (χ3n) is 3.57. The Kier molecular flexibility index (Phi) is 4.80. The Morgan fingerprint density at radius 1 is 1.32 bits per heavy atom. The van der Waals surface area contributed by atoms with Gasteiger partial charge < -0.3 is 10.1 Å². The van der Waals surface area contributed by atoms with Crippen molar-refractivity contribution in [3.63, 3.8) is 0 Å². The van der Waals surface area contributed by atoms with Crippen LogP contribution in [0, 0.1) is 0 Å². The molecule has 0 aliphatic carbocycles. The maximum atomic E-state index is 5.52. The van der Waals surface area contributed by atoms with Gasteiger partial charge in [-0.25, -0.2) is 0 Å². The molecule has 0 aromatic heterocycles. The molecule has 1 atom stereocenters. The van der Waals surface area contributed by atoms with Crippen molar-refractivity contribution in [2.24, 2.45) is 4.99 Å². The van der Waals surface area contributed by atoms with Gasteiger partial charge in [-0.1, -0.05) is 32.0 Å². The van der Waals surface area contributed by atoms with Crippen LogP contribution in [0.3, 0.4) is 0 Å². The van der Waals surface area contributed by atoms with Gasteiger partial charge in [-0.05, 0) is 19.2 Å². The van der Waals surface area contributed by atoms with Crippen molar-refractivity contribution in [2.75, 3.05) is 33.3 Å². The Balaban J connectivity index is 2.41. The molecule has 1 unspecified atom stereocenters. The molecular weight excluding hydrogens is 238 g/mol. The second kappa shape index (κ2) is 6.57. The monoisotopic (exact) mass is 261 g/mol. The number of benzene rings is 1. The molecule has 2 rings (SSSR count). The lowest BCUT2D eigenvalue weighted by atomic mass is 10.0. The standard InChI is InChI=1S/C15H23N3O/c1-4-18(5-2)14(15-16-10-11-17-15)12-8-6-7-9-13(12)19-3/h6-9,14H,4-5,10-11H2,1-3H3,(H,16,17). The maximum absolute atomic E-state index is 5.52. The van der Waals surface area contributed by atoms with Gasteiger partial charge in [-0.3, -0.25) is 9.89 Å². The summed E-state index contributed by atoms with van der Waals surface area (Å²) >= 11 is 0. The van der Waals surface area contributed by atoms with Crippen molar-refractivity contribution in [3.8, 4) is 5.75 Å². The molecule has 1 aliphatic rings. The van der Waals surface area contributed by atoms with Crippen molar-refractivity contribution in [1.82, 2.24) is 10.2 Å². The highest BCUT2D eigenvalue weighted by atomic mass is 16.5. The predicted molar refractivity (Wildman–Crippen MR) is 79.0 cm³/mol. The van der Waals surface area contributed by atoms with Gasteiger partial charge in [-0.2, -0.15) is 0 Å². The summed E-state index contributed by atoms with van der Waals surface area (Å²) in [4.78, 5) is 7.01. The highest BCUT2D eigenvalue weighted by Gasteiger charge is 2.27. The SMILES string of the molecule is CCN(CC)C(C1=NCCN1)c1ccccc1OC. The summed E-state index contributed by atoms with van der Waals surface area (Å²) in [6.45, 7) is 8.13. The molecule has 104 valence electrons. The van der Waals surface area contributed by atoms with E-state index in [4.69, 9.17) is 4.74 Å². The van der Waals surface area contributed by atoms with Crippen LogP contribution in [-0.2, 0) is 0 Å². The van der Waals surface area contributed by atoms with Crippen LogP contribution < -0.4 is 10.1 Å². The van der Waals surface area contributed by atoms with Crippen LogP contribution in [0.4, 0.5) is 0 Å². The quantitative estimate of drug-likeness (QED) is 0.852. The van der Waals surface area contributed by atoms with Gasteiger partial charge in [0.2, 0.25) is 0 Å². The average molecular weight is 261 g/mol. The number of amidine groups is 1. The molecule has 1 aromatic carbocycles. The van der Waals surface area contributed by atoms with Crippen molar-refractivity contribution >= 4 is 5.84 Å². The van der Waals surface area contributed by atoms with Gasteiger partial charge in [0.05, 0.1) is 19.7 Å². The first-order chi connectivity index (χ1) is 9.31. The van der Waals surface area contributed by atoms with Crippen LogP contribution in [-0.4, -0.2) is 44.0 Å². The smallest absolute Gasteiger partial charge is 0.124 e. The van der Waals surface area contributed by atoms with Crippen LogP contribution in [0.25, 0.3) is 0 Å². The molecule has 1 aliphatic heterocycles. The minimum atomic E-state index is 0.161. The highest BCUT2D eigenvalue weighted by molar-refractivity contribution is 5.90. The average Bonchev–Trinajstić information content (AvgIpc) is 2.98. The summed E-state index contributed by atoms with van der Waals surface area (Å²) in [6, 6.07) is 8.37. The number of methoxy groups -OCH3 is 1. The molecule has 1 heterocycles. The molecule has 0 saturated carbocycles. The number of aliphatic imine (C=N–C) groups is 1. The number of ether oxygens (including phenoxy) is 1. The summed E-state index contributed by atoms with van der Waals surface area (Å²) in [5, 5.41) is 3.41. The van der Waals surface area contributed by atoms with Gasteiger partial charge >= 0.3 is 0 Å². The van der Waals surface area contributed by atoms with E-state index < -0.39 is 0 Å². The Morgan fingerprint density at radius 2 is 2.05 bits per heavy atom. The lowest BCUT2D eigenvalue weighted by Gasteiger charge is -2.31. The first-order valence-electron chi connectivity index (χ1n) is 6.97. The topological polar surface area (TPSA) is 36.9 Å². The second-order valence-electron chi connectivity index (χ2n) is 4.56. The number of para-hydroxylation sites is 1. The fourth-order valence-electron chi connectivity index (χ4n) is 2.60. The first-order valence-corrected chi connectivity index (χ1v) is 6.97. The predicted octanol–water partition coefficient (Wildman–Crippen LogP) is 2.08. The summed E-state index contributed by atoms with van der Waals surface area (Å²) in [5.74, 6) is 1.99. The molecule has 19 heavy (non-hydrogen) atoms. The molecule has 0 radical (unpaired) electrons. The zero-order chi connectivity index (χ0) is 13.7. The molecule has 1 N–H and O–H groups in total. The van der Waals surface area contributed by atoms with E-state index in [9.17, 15) is 0 Å². The summed E-state index contributed by atoms with van der Waals surface area (Å²) in [6.07, 6.45) is 0. The fourth-order valence-corrected chi connectivity index (χ4v) is 2.60. The fraction of sp³-hybridized carbons (Fsp3) is 0.533. The Bertz CT molecular complexity index is 441. The lowest BCUT2D eigenvalue weighted by molar-refractivity contribution is 0.263. The third kappa shape index (κ3) is 2.89. The molecule has 0 spiro atoms. The number of hydrogen-bond donors (Lipinski definition) is 1. The van der Waals surface area contributed by atoms with E-state index in [1.54, 1.807) is 7.11 Å². The van der Waals surface area contributed by atoms with Gasteiger partial charge in [0.15, 0.2) is 0 Å². The minimum absolute atomic E-state index is 0.161. The van der Waals surface area contributed by atoms with E-state index in [0.29, 0.717) is 0 Å². The van der Waals surface area contributed by atoms with Gasteiger partial charge in [-0.15, -0.1) is 0 Å². The molecule has 4 heteroatoms.